The number of H-pyrrole nitrogens is 1. The molecule has 8 heteroatoms. The van der Waals surface area contributed by atoms with Crippen molar-refractivity contribution < 1.29 is 14.6 Å². The van der Waals surface area contributed by atoms with E-state index in [4.69, 9.17) is 4.74 Å². The number of carbonyl (C=O) groups is 1. The van der Waals surface area contributed by atoms with Gasteiger partial charge in [0.2, 0.25) is 0 Å². The van der Waals surface area contributed by atoms with Crippen molar-refractivity contribution >= 4 is 11.6 Å². The summed E-state index contributed by atoms with van der Waals surface area (Å²) >= 11 is 0. The van der Waals surface area contributed by atoms with Gasteiger partial charge in [0.05, 0.1) is 18.4 Å². The number of anilines is 1. The Morgan fingerprint density at radius 1 is 1.32 bits per heavy atom. The molecule has 0 spiro atoms. The van der Waals surface area contributed by atoms with Gasteiger partial charge in [-0.25, -0.2) is 14.5 Å². The lowest BCUT2D eigenvalue weighted by Crippen LogP contribution is -2.17. The molecule has 0 fully saturated rings. The van der Waals surface area contributed by atoms with Crippen LogP contribution in [0, 0.1) is 6.92 Å². The van der Waals surface area contributed by atoms with Crippen LogP contribution >= 0.6 is 0 Å². The summed E-state index contributed by atoms with van der Waals surface area (Å²) < 4.78 is 6.35. The van der Waals surface area contributed by atoms with Crippen molar-refractivity contribution in [1.29, 1.82) is 0 Å². The van der Waals surface area contributed by atoms with Gasteiger partial charge in [-0.2, -0.15) is 5.10 Å². The first-order valence-corrected chi connectivity index (χ1v) is 7.41. The maximum absolute atomic E-state index is 12.5. The molecule has 0 atom stereocenters. The lowest BCUT2D eigenvalue weighted by Gasteiger charge is -2.13. The van der Waals surface area contributed by atoms with Gasteiger partial charge in [-0.3, -0.25) is 4.79 Å². The largest absolute Gasteiger partial charge is 0.507 e. The standard InChI is InChI=1S/C17H16N4O4/c1-10-13(4-3-5-14(10)21-9-18-20-17(21)24)19-16(23)12-7-6-11(25-2)8-15(12)22/h3-9,22H,1-2H3,(H,19,23)(H,20,24). The Morgan fingerprint density at radius 3 is 2.76 bits per heavy atom. The molecule has 8 nitrogen and oxygen atoms in total. The van der Waals surface area contributed by atoms with Gasteiger partial charge >= 0.3 is 5.69 Å². The number of phenolic OH excluding ortho intramolecular Hbond substituents is 1. The van der Waals surface area contributed by atoms with E-state index in [1.807, 2.05) is 0 Å². The first-order chi connectivity index (χ1) is 12.0. The van der Waals surface area contributed by atoms with Crippen LogP contribution in [0.4, 0.5) is 5.69 Å². The quantitative estimate of drug-likeness (QED) is 0.671. The van der Waals surface area contributed by atoms with Crippen molar-refractivity contribution in [3.8, 4) is 17.2 Å². The van der Waals surface area contributed by atoms with E-state index in [9.17, 15) is 14.7 Å². The van der Waals surface area contributed by atoms with E-state index in [1.54, 1.807) is 31.2 Å². The lowest BCUT2D eigenvalue weighted by molar-refractivity contribution is 0.102. The molecule has 0 bridgehead atoms. The van der Waals surface area contributed by atoms with Crippen LogP contribution in [0.2, 0.25) is 0 Å². The van der Waals surface area contributed by atoms with Crippen molar-refractivity contribution in [3.63, 3.8) is 0 Å². The number of benzene rings is 2. The molecule has 0 radical (unpaired) electrons. The van der Waals surface area contributed by atoms with Gasteiger partial charge in [-0.1, -0.05) is 6.07 Å². The van der Waals surface area contributed by atoms with Crippen LogP contribution in [0.15, 0.2) is 47.5 Å². The first-order valence-electron chi connectivity index (χ1n) is 7.41. The number of nitrogens with zero attached hydrogens (tertiary/aromatic N) is 2. The fourth-order valence-corrected chi connectivity index (χ4v) is 2.46. The lowest BCUT2D eigenvalue weighted by atomic mass is 10.1. The highest BCUT2D eigenvalue weighted by atomic mass is 16.5. The van der Waals surface area contributed by atoms with E-state index in [-0.39, 0.29) is 17.0 Å². The zero-order valence-corrected chi connectivity index (χ0v) is 13.6. The normalized spacial score (nSPS) is 10.5. The second kappa shape index (κ2) is 6.52. The number of phenols is 1. The van der Waals surface area contributed by atoms with Crippen molar-refractivity contribution in [2.24, 2.45) is 0 Å². The van der Waals surface area contributed by atoms with Gasteiger partial charge in [0.15, 0.2) is 0 Å². The van der Waals surface area contributed by atoms with Crippen molar-refractivity contribution in [1.82, 2.24) is 14.8 Å². The van der Waals surface area contributed by atoms with Crippen LogP contribution in [-0.4, -0.2) is 32.9 Å². The number of methoxy groups -OCH3 is 1. The van der Waals surface area contributed by atoms with E-state index in [1.165, 1.54) is 30.1 Å². The monoisotopic (exact) mass is 340 g/mol. The number of ether oxygens (including phenoxy) is 1. The summed E-state index contributed by atoms with van der Waals surface area (Å²) in [6.07, 6.45) is 1.37. The molecule has 0 saturated heterocycles. The molecule has 1 amide bonds. The van der Waals surface area contributed by atoms with Crippen LogP contribution < -0.4 is 15.7 Å². The van der Waals surface area contributed by atoms with Crippen LogP contribution in [0.25, 0.3) is 5.69 Å². The minimum absolute atomic E-state index is 0.117. The average molecular weight is 340 g/mol. The van der Waals surface area contributed by atoms with Crippen LogP contribution in [0.5, 0.6) is 11.5 Å². The molecule has 0 aliphatic carbocycles. The molecule has 1 heterocycles. The molecule has 0 aliphatic rings. The molecule has 0 aliphatic heterocycles. The second-order valence-electron chi connectivity index (χ2n) is 5.32. The SMILES string of the molecule is COc1ccc(C(=O)Nc2cccc(-n3cn[nH]c3=O)c2C)c(O)c1. The molecular weight excluding hydrogens is 324 g/mol. The van der Waals surface area contributed by atoms with Crippen molar-refractivity contribution in [2.45, 2.75) is 6.92 Å². The third-order valence-corrected chi connectivity index (χ3v) is 3.81. The zero-order chi connectivity index (χ0) is 18.0. The number of nitrogens with one attached hydrogen (secondary N) is 2. The fraction of sp³-hybridized carbons (Fsp3) is 0.118. The first kappa shape index (κ1) is 16.3. The molecule has 3 rings (SSSR count). The van der Waals surface area contributed by atoms with E-state index in [0.29, 0.717) is 22.7 Å². The Balaban J connectivity index is 1.92. The number of amides is 1. The van der Waals surface area contributed by atoms with Crippen molar-refractivity contribution in [3.05, 3.63) is 64.3 Å². The number of carbonyl (C=O) groups excluding carboxylic acids is 1. The summed E-state index contributed by atoms with van der Waals surface area (Å²) in [6.45, 7) is 1.78. The smallest absolute Gasteiger partial charge is 0.347 e. The van der Waals surface area contributed by atoms with Gasteiger partial charge in [0, 0.05) is 11.8 Å². The van der Waals surface area contributed by atoms with E-state index in [0.717, 1.165) is 0 Å². The summed E-state index contributed by atoms with van der Waals surface area (Å²) in [4.78, 5) is 24.2. The molecule has 0 saturated carbocycles. The molecule has 3 N–H and O–H groups in total. The van der Waals surface area contributed by atoms with E-state index < -0.39 is 5.91 Å². The van der Waals surface area contributed by atoms with Gasteiger partial charge in [-0.05, 0) is 36.8 Å². The number of aromatic nitrogens is 3. The van der Waals surface area contributed by atoms with E-state index in [2.05, 4.69) is 15.5 Å². The number of aromatic amines is 1. The van der Waals surface area contributed by atoms with Gasteiger partial charge < -0.3 is 15.2 Å². The maximum atomic E-state index is 12.5. The molecule has 0 unspecified atom stereocenters. The molecule has 1 aromatic heterocycles. The number of hydrogen-bond donors (Lipinski definition) is 3. The zero-order valence-electron chi connectivity index (χ0n) is 13.6. The highest BCUT2D eigenvalue weighted by Crippen LogP contribution is 2.26. The average Bonchev–Trinajstić information content (AvgIpc) is 3.02. The predicted molar refractivity (Wildman–Crippen MR) is 91.5 cm³/mol. The number of aromatic hydroxyl groups is 1. The molecular formula is C17H16N4O4. The Labute approximate surface area is 142 Å². The predicted octanol–water partition coefficient (Wildman–Crippen LogP) is 1.84. The van der Waals surface area contributed by atoms with Gasteiger partial charge in [0.1, 0.15) is 17.8 Å². The summed E-state index contributed by atoms with van der Waals surface area (Å²) in [5, 5.41) is 18.7. The minimum Gasteiger partial charge on any atom is -0.507 e. The van der Waals surface area contributed by atoms with Crippen molar-refractivity contribution in [2.75, 3.05) is 12.4 Å². The summed E-state index contributed by atoms with van der Waals surface area (Å²) in [5.41, 5.74) is 1.54. The summed E-state index contributed by atoms with van der Waals surface area (Å²) in [7, 11) is 1.47. The molecule has 3 aromatic rings. The third-order valence-electron chi connectivity index (χ3n) is 3.81. The van der Waals surface area contributed by atoms with Gasteiger partial charge in [0.25, 0.3) is 5.91 Å². The van der Waals surface area contributed by atoms with E-state index >= 15 is 0 Å². The molecule has 128 valence electrons. The van der Waals surface area contributed by atoms with Crippen LogP contribution in [-0.2, 0) is 0 Å². The molecule has 2 aromatic carbocycles. The third kappa shape index (κ3) is 3.09. The topological polar surface area (TPSA) is 109 Å². The fourth-order valence-electron chi connectivity index (χ4n) is 2.46. The van der Waals surface area contributed by atoms with Gasteiger partial charge in [-0.15, -0.1) is 0 Å². The Hall–Kier alpha value is -3.55. The number of hydrogen-bond acceptors (Lipinski definition) is 5. The number of rotatable bonds is 4. The Bertz CT molecular complexity index is 990. The second-order valence-corrected chi connectivity index (χ2v) is 5.32. The Kier molecular flexibility index (Phi) is 4.25. The maximum Gasteiger partial charge on any atom is 0.347 e. The summed E-state index contributed by atoms with van der Waals surface area (Å²) in [6, 6.07) is 9.59. The summed E-state index contributed by atoms with van der Waals surface area (Å²) in [5.74, 6) is -0.205. The molecule has 25 heavy (non-hydrogen) atoms. The minimum atomic E-state index is -0.472. The Morgan fingerprint density at radius 2 is 2.12 bits per heavy atom. The highest BCUT2D eigenvalue weighted by molar-refractivity contribution is 6.06. The van der Waals surface area contributed by atoms with Crippen LogP contribution in [0.1, 0.15) is 15.9 Å². The van der Waals surface area contributed by atoms with Crippen LogP contribution in [0.3, 0.4) is 0 Å². The highest BCUT2D eigenvalue weighted by Gasteiger charge is 2.15.